The zero-order chi connectivity index (χ0) is 13.8. The Morgan fingerprint density at radius 3 is 2.63 bits per heavy atom. The van der Waals surface area contributed by atoms with Gasteiger partial charge in [-0.05, 0) is 12.1 Å². The normalized spacial score (nSPS) is 12.2. The summed E-state index contributed by atoms with van der Waals surface area (Å²) >= 11 is 9.34. The lowest BCUT2D eigenvalue weighted by molar-refractivity contribution is -0.140. The predicted octanol–water partition coefficient (Wildman–Crippen LogP) is 3.81. The largest absolute Gasteiger partial charge is 0.491 e. The Hall–Kier alpha value is -1.26. The molecule has 3 nitrogen and oxygen atoms in total. The van der Waals surface area contributed by atoms with Gasteiger partial charge in [-0.25, -0.2) is 0 Å². The number of hydrogen-bond donors (Lipinski definition) is 0. The predicted molar refractivity (Wildman–Crippen MR) is 79.2 cm³/mol. The molecule has 0 fully saturated rings. The lowest BCUT2D eigenvalue weighted by atomic mass is 10.1. The number of halogens is 2. The number of fused-ring (bicyclic) bond motifs is 1. The van der Waals surface area contributed by atoms with Crippen LogP contribution in [0.3, 0.4) is 0 Å². The van der Waals surface area contributed by atoms with E-state index >= 15 is 0 Å². The number of rotatable bonds is 4. The molecule has 0 aliphatic carbocycles. The van der Waals surface area contributed by atoms with Crippen LogP contribution in [0.4, 0.5) is 0 Å². The van der Waals surface area contributed by atoms with Gasteiger partial charge in [-0.1, -0.05) is 51.8 Å². The number of ether oxygens (including phenoxy) is 2. The number of alkyl halides is 1. The van der Waals surface area contributed by atoms with Gasteiger partial charge in [0.25, 0.3) is 0 Å². The van der Waals surface area contributed by atoms with Crippen LogP contribution in [0.5, 0.6) is 5.75 Å². The van der Waals surface area contributed by atoms with E-state index in [1.165, 1.54) is 7.11 Å². The third-order valence-corrected chi connectivity index (χ3v) is 3.64. The molecule has 0 heterocycles. The highest BCUT2D eigenvalue weighted by Crippen LogP contribution is 2.31. The first kappa shape index (κ1) is 14.2. The summed E-state index contributed by atoms with van der Waals surface area (Å²) in [6.45, 7) is 0.193. The van der Waals surface area contributed by atoms with Crippen molar-refractivity contribution in [2.45, 2.75) is 4.83 Å². The molecular weight excluding hydrogens is 332 g/mol. The van der Waals surface area contributed by atoms with Gasteiger partial charge in [0.05, 0.1) is 7.11 Å². The first-order valence-corrected chi connectivity index (χ1v) is 6.95. The molecule has 0 amide bonds. The van der Waals surface area contributed by atoms with E-state index in [1.54, 1.807) is 12.1 Å². The summed E-state index contributed by atoms with van der Waals surface area (Å²) in [6, 6.07) is 11.3. The molecule has 0 aromatic heterocycles. The molecule has 0 bridgehead atoms. The topological polar surface area (TPSA) is 35.5 Å². The van der Waals surface area contributed by atoms with Crippen LogP contribution in [0.25, 0.3) is 10.8 Å². The maximum Gasteiger partial charge on any atom is 0.322 e. The fourth-order valence-corrected chi connectivity index (χ4v) is 2.27. The first-order valence-electron chi connectivity index (χ1n) is 5.65. The Kier molecular flexibility index (Phi) is 4.66. The molecule has 0 radical (unpaired) electrons. The molecule has 2 rings (SSSR count). The Balaban J connectivity index is 2.22. The summed E-state index contributed by atoms with van der Waals surface area (Å²) in [6.07, 6.45) is 0. The van der Waals surface area contributed by atoms with Gasteiger partial charge in [0, 0.05) is 15.8 Å². The number of carbonyl (C=O) groups excluding carboxylic acids is 1. The Labute approximate surface area is 124 Å². The highest BCUT2D eigenvalue weighted by molar-refractivity contribution is 9.10. The zero-order valence-corrected chi connectivity index (χ0v) is 12.6. The quantitative estimate of drug-likeness (QED) is 0.625. The number of esters is 1. The highest BCUT2D eigenvalue weighted by atomic mass is 79.9. The van der Waals surface area contributed by atoms with Gasteiger partial charge in [0.2, 0.25) is 0 Å². The van der Waals surface area contributed by atoms with Crippen LogP contribution in [-0.2, 0) is 9.53 Å². The van der Waals surface area contributed by atoms with Gasteiger partial charge >= 0.3 is 5.97 Å². The molecule has 5 heteroatoms. The molecule has 0 N–H and O–H groups in total. The van der Waals surface area contributed by atoms with Crippen molar-refractivity contribution < 1.29 is 14.3 Å². The number of carbonyl (C=O) groups is 1. The molecule has 1 atom stereocenters. The monoisotopic (exact) mass is 342 g/mol. The maximum absolute atomic E-state index is 11.3. The Bertz CT molecular complexity index is 600. The third kappa shape index (κ3) is 3.19. The number of hydrogen-bond acceptors (Lipinski definition) is 3. The van der Waals surface area contributed by atoms with Gasteiger partial charge < -0.3 is 9.47 Å². The average molecular weight is 344 g/mol. The fourth-order valence-electron chi connectivity index (χ4n) is 1.72. The van der Waals surface area contributed by atoms with E-state index in [2.05, 4.69) is 20.7 Å². The smallest absolute Gasteiger partial charge is 0.322 e. The molecule has 0 aliphatic heterocycles. The van der Waals surface area contributed by atoms with Gasteiger partial charge in [0.1, 0.15) is 17.2 Å². The molecule has 1 unspecified atom stereocenters. The molecule has 0 spiro atoms. The van der Waals surface area contributed by atoms with Crippen molar-refractivity contribution in [1.29, 1.82) is 0 Å². The number of methoxy groups -OCH3 is 1. The van der Waals surface area contributed by atoms with Crippen molar-refractivity contribution >= 4 is 44.3 Å². The standard InChI is InChI=1S/C14H12BrClO3/c1-18-14(17)11(15)8-19-13-7-6-12(16)9-4-2-3-5-10(9)13/h2-7,11H,8H2,1H3. The summed E-state index contributed by atoms with van der Waals surface area (Å²) in [5.74, 6) is 0.326. The van der Waals surface area contributed by atoms with Crippen LogP contribution < -0.4 is 4.74 Å². The van der Waals surface area contributed by atoms with Crippen molar-refractivity contribution in [1.82, 2.24) is 0 Å². The summed E-state index contributed by atoms with van der Waals surface area (Å²) < 4.78 is 10.3. The number of benzene rings is 2. The first-order chi connectivity index (χ1) is 9.13. The minimum atomic E-state index is -0.494. The van der Waals surface area contributed by atoms with Gasteiger partial charge in [0.15, 0.2) is 0 Å². The van der Waals surface area contributed by atoms with Crippen LogP contribution in [0.2, 0.25) is 5.02 Å². The lowest BCUT2D eigenvalue weighted by Gasteiger charge is -2.12. The van der Waals surface area contributed by atoms with E-state index in [9.17, 15) is 4.79 Å². The van der Waals surface area contributed by atoms with Crippen molar-refractivity contribution in [3.63, 3.8) is 0 Å². The summed E-state index contributed by atoms with van der Waals surface area (Å²) in [5.41, 5.74) is 0. The van der Waals surface area contributed by atoms with Crippen molar-refractivity contribution in [3.8, 4) is 5.75 Å². The molecule has 2 aromatic rings. The Morgan fingerprint density at radius 1 is 1.26 bits per heavy atom. The SMILES string of the molecule is COC(=O)C(Br)COc1ccc(Cl)c2ccccc12. The lowest BCUT2D eigenvalue weighted by Crippen LogP contribution is -2.22. The van der Waals surface area contributed by atoms with Gasteiger partial charge in [-0.2, -0.15) is 0 Å². The summed E-state index contributed by atoms with van der Waals surface area (Å²) in [4.78, 5) is 10.8. The van der Waals surface area contributed by atoms with Crippen molar-refractivity contribution in [3.05, 3.63) is 41.4 Å². The second kappa shape index (κ2) is 6.26. The molecule has 0 aliphatic rings. The van der Waals surface area contributed by atoms with Gasteiger partial charge in [-0.15, -0.1) is 0 Å². The maximum atomic E-state index is 11.3. The van der Waals surface area contributed by atoms with Crippen LogP contribution in [0.15, 0.2) is 36.4 Å². The van der Waals surface area contributed by atoms with E-state index in [-0.39, 0.29) is 12.6 Å². The third-order valence-electron chi connectivity index (χ3n) is 2.67. The summed E-state index contributed by atoms with van der Waals surface area (Å²) in [7, 11) is 1.34. The van der Waals surface area contributed by atoms with E-state index in [4.69, 9.17) is 16.3 Å². The minimum absolute atomic E-state index is 0.193. The highest BCUT2D eigenvalue weighted by Gasteiger charge is 2.16. The molecule has 19 heavy (non-hydrogen) atoms. The molecule has 2 aromatic carbocycles. The second-order valence-electron chi connectivity index (χ2n) is 3.89. The molecule has 0 saturated heterocycles. The van der Waals surface area contributed by atoms with Crippen LogP contribution in [0.1, 0.15) is 0 Å². The zero-order valence-electron chi connectivity index (χ0n) is 10.2. The fraction of sp³-hybridized carbons (Fsp3) is 0.214. The molecular formula is C14H12BrClO3. The van der Waals surface area contributed by atoms with Crippen molar-refractivity contribution in [2.75, 3.05) is 13.7 Å². The van der Waals surface area contributed by atoms with Crippen LogP contribution in [0, 0.1) is 0 Å². The van der Waals surface area contributed by atoms with E-state index in [0.29, 0.717) is 10.8 Å². The van der Waals surface area contributed by atoms with Gasteiger partial charge in [-0.3, -0.25) is 4.79 Å². The van der Waals surface area contributed by atoms with E-state index in [0.717, 1.165) is 10.8 Å². The second-order valence-corrected chi connectivity index (χ2v) is 5.41. The Morgan fingerprint density at radius 2 is 1.95 bits per heavy atom. The van der Waals surface area contributed by atoms with Crippen LogP contribution >= 0.6 is 27.5 Å². The van der Waals surface area contributed by atoms with E-state index < -0.39 is 4.83 Å². The summed E-state index contributed by atoms with van der Waals surface area (Å²) in [5, 5.41) is 2.51. The molecule has 100 valence electrons. The van der Waals surface area contributed by atoms with E-state index in [1.807, 2.05) is 24.3 Å². The minimum Gasteiger partial charge on any atom is -0.491 e. The van der Waals surface area contributed by atoms with Crippen molar-refractivity contribution in [2.24, 2.45) is 0 Å². The molecule has 0 saturated carbocycles. The average Bonchev–Trinajstić information content (AvgIpc) is 2.45. The van der Waals surface area contributed by atoms with Crippen LogP contribution in [-0.4, -0.2) is 24.5 Å².